The zero-order chi connectivity index (χ0) is 23.5. The van der Waals surface area contributed by atoms with Gasteiger partial charge in [0.15, 0.2) is 16.7 Å². The van der Waals surface area contributed by atoms with Crippen LogP contribution < -0.4 is 15.0 Å². The number of ether oxygens (including phenoxy) is 2. The summed E-state index contributed by atoms with van der Waals surface area (Å²) in [5.74, 6) is 2.07. The Morgan fingerprint density at radius 1 is 1.09 bits per heavy atom. The highest BCUT2D eigenvalue weighted by Gasteiger charge is 2.25. The molecule has 0 saturated carbocycles. The monoisotopic (exact) mass is 493 g/mol. The summed E-state index contributed by atoms with van der Waals surface area (Å²) in [6.45, 7) is 5.55. The normalized spacial score (nSPS) is 13.7. The van der Waals surface area contributed by atoms with Crippen LogP contribution in [0.1, 0.15) is 17.4 Å². The molecule has 4 aromatic rings. The van der Waals surface area contributed by atoms with Gasteiger partial charge in [-0.05, 0) is 42.8 Å². The third-order valence-corrected chi connectivity index (χ3v) is 8.04. The summed E-state index contributed by atoms with van der Waals surface area (Å²) in [4.78, 5) is 23.3. The number of fused-ring (bicyclic) bond motifs is 3. The summed E-state index contributed by atoms with van der Waals surface area (Å²) >= 11 is 3.20. The quantitative estimate of drug-likeness (QED) is 0.196. The number of hydrogen-bond acceptors (Lipinski definition) is 7. The van der Waals surface area contributed by atoms with Crippen molar-refractivity contribution in [2.45, 2.75) is 25.0 Å². The van der Waals surface area contributed by atoms with E-state index in [0.29, 0.717) is 29.0 Å². The van der Waals surface area contributed by atoms with Crippen molar-refractivity contribution in [1.29, 1.82) is 0 Å². The van der Waals surface area contributed by atoms with Crippen LogP contribution in [0.3, 0.4) is 0 Å². The molecule has 1 aliphatic rings. The van der Waals surface area contributed by atoms with Crippen LogP contribution >= 0.6 is 23.1 Å². The number of hydrogen-bond donors (Lipinski definition) is 0. The van der Waals surface area contributed by atoms with Crippen molar-refractivity contribution in [3.05, 3.63) is 75.4 Å². The van der Waals surface area contributed by atoms with Crippen LogP contribution in [0.5, 0.6) is 11.5 Å². The van der Waals surface area contributed by atoms with E-state index in [-0.39, 0.29) is 5.56 Å². The summed E-state index contributed by atoms with van der Waals surface area (Å²) in [5, 5.41) is 1.48. The van der Waals surface area contributed by atoms with Gasteiger partial charge in [0.1, 0.15) is 4.83 Å². The second-order valence-electron chi connectivity index (χ2n) is 8.02. The number of para-hydroxylation sites is 3. The molecule has 0 saturated heterocycles. The van der Waals surface area contributed by atoms with E-state index in [0.717, 1.165) is 42.0 Å². The molecular weight excluding hydrogens is 466 g/mol. The van der Waals surface area contributed by atoms with Crippen LogP contribution in [0, 0.1) is 0 Å². The maximum Gasteiger partial charge on any atom is 0.267 e. The first kappa shape index (κ1) is 23.0. The molecule has 0 unspecified atom stereocenters. The number of thioether (sulfide) groups is 1. The largest absolute Gasteiger partial charge is 0.493 e. The average molecular weight is 494 g/mol. The molecule has 1 aliphatic heterocycles. The molecule has 0 atom stereocenters. The Morgan fingerprint density at radius 3 is 2.62 bits per heavy atom. The number of thiophene rings is 1. The van der Waals surface area contributed by atoms with Crippen LogP contribution in [0.25, 0.3) is 15.9 Å². The maximum atomic E-state index is 13.8. The van der Waals surface area contributed by atoms with E-state index >= 15 is 0 Å². The van der Waals surface area contributed by atoms with Crippen LogP contribution in [0.2, 0.25) is 0 Å². The molecule has 8 heteroatoms. The molecular formula is C26H27N3O3S2. The fourth-order valence-electron chi connectivity index (χ4n) is 4.27. The van der Waals surface area contributed by atoms with Gasteiger partial charge in [0.05, 0.1) is 24.8 Å². The number of methoxy groups -OCH3 is 1. The zero-order valence-electron chi connectivity index (χ0n) is 19.3. The summed E-state index contributed by atoms with van der Waals surface area (Å²) in [6.07, 6.45) is 0.897. The van der Waals surface area contributed by atoms with Gasteiger partial charge in [-0.15, -0.1) is 11.3 Å². The lowest BCUT2D eigenvalue weighted by Crippen LogP contribution is -2.30. The summed E-state index contributed by atoms with van der Waals surface area (Å²) in [6, 6.07) is 17.4. The number of likely N-dealkylation sites (N-methyl/N-ethyl adjacent to an activating group) is 1. The van der Waals surface area contributed by atoms with Gasteiger partial charge in [-0.1, -0.05) is 49.0 Å². The topological polar surface area (TPSA) is 56.6 Å². The maximum absolute atomic E-state index is 13.8. The lowest BCUT2D eigenvalue weighted by molar-refractivity contribution is 0.272. The van der Waals surface area contributed by atoms with Crippen LogP contribution in [-0.4, -0.2) is 47.0 Å². The van der Waals surface area contributed by atoms with Crippen molar-refractivity contribution in [3.8, 4) is 17.2 Å². The predicted octanol–water partition coefficient (Wildman–Crippen LogP) is 5.00. The van der Waals surface area contributed by atoms with E-state index in [1.807, 2.05) is 54.6 Å². The van der Waals surface area contributed by atoms with E-state index in [1.54, 1.807) is 23.0 Å². The van der Waals surface area contributed by atoms with Crippen molar-refractivity contribution >= 4 is 33.3 Å². The number of aromatic nitrogens is 2. The molecule has 0 bridgehead atoms. The van der Waals surface area contributed by atoms with Gasteiger partial charge in [-0.25, -0.2) is 4.98 Å². The highest BCUT2D eigenvalue weighted by Crippen LogP contribution is 2.34. The van der Waals surface area contributed by atoms with Gasteiger partial charge in [0.25, 0.3) is 5.56 Å². The van der Waals surface area contributed by atoms with Crippen LogP contribution in [0.15, 0.2) is 64.5 Å². The van der Waals surface area contributed by atoms with Crippen molar-refractivity contribution in [2.24, 2.45) is 0 Å². The van der Waals surface area contributed by atoms with E-state index < -0.39 is 0 Å². The molecule has 0 amide bonds. The molecule has 34 heavy (non-hydrogen) atoms. The number of nitrogens with zero attached hydrogens (tertiary/aromatic N) is 3. The first-order valence-corrected chi connectivity index (χ1v) is 13.2. The molecule has 5 rings (SSSR count). The smallest absolute Gasteiger partial charge is 0.267 e. The van der Waals surface area contributed by atoms with Crippen molar-refractivity contribution < 1.29 is 9.47 Å². The average Bonchev–Trinajstić information content (AvgIpc) is 3.25. The fraction of sp³-hybridized carbons (Fsp3) is 0.308. The first-order valence-electron chi connectivity index (χ1n) is 11.4. The summed E-state index contributed by atoms with van der Waals surface area (Å²) in [7, 11) is 1.63. The minimum Gasteiger partial charge on any atom is -0.493 e. The Bertz CT molecular complexity index is 1350. The van der Waals surface area contributed by atoms with Crippen molar-refractivity contribution in [3.63, 3.8) is 0 Å². The predicted molar refractivity (Wildman–Crippen MR) is 139 cm³/mol. The van der Waals surface area contributed by atoms with Crippen LogP contribution in [0.4, 0.5) is 0 Å². The Labute approximate surface area is 207 Å². The third-order valence-electron chi connectivity index (χ3n) is 6.03. The van der Waals surface area contributed by atoms with E-state index in [4.69, 9.17) is 14.5 Å². The molecule has 0 aliphatic carbocycles. The van der Waals surface area contributed by atoms with Gasteiger partial charge in [0, 0.05) is 23.7 Å². The molecule has 6 nitrogen and oxygen atoms in total. The van der Waals surface area contributed by atoms with Gasteiger partial charge in [-0.2, -0.15) is 0 Å². The van der Waals surface area contributed by atoms with E-state index in [9.17, 15) is 4.79 Å². The Morgan fingerprint density at radius 2 is 1.85 bits per heavy atom. The van der Waals surface area contributed by atoms with E-state index in [1.165, 1.54) is 22.2 Å². The molecule has 0 spiro atoms. The molecule has 0 fully saturated rings. The first-order chi connectivity index (χ1) is 16.7. The lowest BCUT2D eigenvalue weighted by Gasteiger charge is -2.25. The van der Waals surface area contributed by atoms with E-state index in [2.05, 4.69) is 11.8 Å². The minimum atomic E-state index is 0.0202. The Balaban J connectivity index is 1.47. The molecule has 3 heterocycles. The second-order valence-corrected chi connectivity index (χ2v) is 10.2. The van der Waals surface area contributed by atoms with Gasteiger partial charge >= 0.3 is 0 Å². The highest BCUT2D eigenvalue weighted by molar-refractivity contribution is 7.99. The van der Waals surface area contributed by atoms with Crippen molar-refractivity contribution in [2.75, 3.05) is 32.6 Å². The summed E-state index contributed by atoms with van der Waals surface area (Å²) in [5.41, 5.74) is 2.04. The van der Waals surface area contributed by atoms with Crippen molar-refractivity contribution in [1.82, 2.24) is 14.5 Å². The second kappa shape index (κ2) is 10.2. The Kier molecular flexibility index (Phi) is 6.89. The minimum absolute atomic E-state index is 0.0202. The van der Waals surface area contributed by atoms with Gasteiger partial charge in [-0.3, -0.25) is 14.3 Å². The molecule has 176 valence electrons. The molecule has 0 N–H and O–H groups in total. The standard InChI is InChI=1S/C26H27N3O3S2/c1-3-28-14-13-19-22(17-28)34-24-23(19)25(30)29(18-9-5-4-6-10-18)26(27-24)33-16-15-32-21-12-8-7-11-20(21)31-2/h4-12H,3,13-17H2,1-2H3. The Hall–Kier alpha value is -2.81. The van der Waals surface area contributed by atoms with Crippen LogP contribution in [-0.2, 0) is 13.0 Å². The summed E-state index contributed by atoms with van der Waals surface area (Å²) < 4.78 is 13.1. The lowest BCUT2D eigenvalue weighted by atomic mass is 10.1. The highest BCUT2D eigenvalue weighted by atomic mass is 32.2. The molecule has 0 radical (unpaired) electrons. The SMILES string of the molecule is CCN1CCc2c(sc3nc(SCCOc4ccccc4OC)n(-c4ccccc4)c(=O)c23)C1. The molecule has 2 aromatic heterocycles. The fourth-order valence-corrected chi connectivity index (χ4v) is 6.40. The van der Waals surface area contributed by atoms with Gasteiger partial charge < -0.3 is 9.47 Å². The third kappa shape index (κ3) is 4.45. The molecule has 2 aromatic carbocycles. The zero-order valence-corrected chi connectivity index (χ0v) is 21.0. The van der Waals surface area contributed by atoms with Gasteiger partial charge in [0.2, 0.25) is 0 Å². The number of rotatable bonds is 8. The number of benzene rings is 2.